The number of primary amides is 2. The normalized spacial score (nSPS) is 14.9. The van der Waals surface area contributed by atoms with Gasteiger partial charge in [-0.2, -0.15) is 0 Å². The maximum absolute atomic E-state index is 15.4. The number of benzene rings is 3. The summed E-state index contributed by atoms with van der Waals surface area (Å²) in [5.74, 6) is -22.2. The number of nitrogens with zero attached hydrogens (tertiary/aromatic N) is 1. The van der Waals surface area contributed by atoms with Gasteiger partial charge in [-0.3, -0.25) is 103 Å². The summed E-state index contributed by atoms with van der Waals surface area (Å²) in [5, 5.41) is 96.8. The first-order chi connectivity index (χ1) is 65.9. The molecule has 14 atom stereocenters. The highest BCUT2D eigenvalue weighted by molar-refractivity contribution is 6.02. The smallest absolute Gasteiger partial charge is 0.326 e. The Morgan fingerprint density at radius 1 is 0.453 bits per heavy atom. The molecule has 1 aromatic heterocycles. The van der Waals surface area contributed by atoms with E-state index in [1.807, 2.05) is 0 Å². The van der Waals surface area contributed by atoms with Gasteiger partial charge in [-0.1, -0.05) is 94.8 Å². The number of carbonyl (C=O) groups is 19. The number of nitrogens with one attached hydrogen (secondary N) is 21. The number of carboxylic acids is 2. The van der Waals surface area contributed by atoms with Crippen molar-refractivity contribution in [2.75, 3.05) is 45.8 Å². The van der Waals surface area contributed by atoms with Crippen molar-refractivity contribution in [3.63, 3.8) is 0 Å². The second-order valence-corrected chi connectivity index (χ2v) is 34.1. The molecule has 17 amide bonds. The third-order valence-electron chi connectivity index (χ3n) is 22.3. The van der Waals surface area contributed by atoms with E-state index in [1.165, 1.54) is 30.2 Å². The number of aromatic amines is 1. The number of hydrogen-bond acceptors (Lipinski definition) is 24. The Kier molecular flexibility index (Phi) is 48.4. The lowest BCUT2D eigenvalue weighted by molar-refractivity contribution is -0.144. The number of unbranched alkanes of at least 4 members (excludes halogenated alkanes) is 1. The Bertz CT molecular complexity index is 4940. The number of rotatable bonds is 62. The van der Waals surface area contributed by atoms with Crippen molar-refractivity contribution in [3.8, 4) is 5.75 Å². The van der Waals surface area contributed by atoms with E-state index in [2.05, 4.69) is 95.4 Å². The zero-order valence-electron chi connectivity index (χ0n) is 78.3. The van der Waals surface area contributed by atoms with E-state index in [4.69, 9.17) is 50.6 Å². The van der Waals surface area contributed by atoms with Crippen molar-refractivity contribution in [3.05, 3.63) is 102 Å². The third kappa shape index (κ3) is 41.4. The molecule has 0 radical (unpaired) electrons. The molecule has 2 heterocycles. The van der Waals surface area contributed by atoms with Gasteiger partial charge in [-0.25, -0.2) is 4.79 Å². The molecule has 0 bridgehead atoms. The van der Waals surface area contributed by atoms with Gasteiger partial charge >= 0.3 is 11.9 Å². The van der Waals surface area contributed by atoms with E-state index >= 15 is 28.8 Å². The van der Waals surface area contributed by atoms with Crippen molar-refractivity contribution < 1.29 is 106 Å². The number of para-hydroxylation sites is 1. The molecular weight excluding hydrogens is 1810 g/mol. The summed E-state index contributed by atoms with van der Waals surface area (Å²) in [5.41, 5.74) is 35.4. The van der Waals surface area contributed by atoms with Crippen LogP contribution in [0.15, 0.2) is 85.1 Å². The number of phenolic OH excluding ortho intramolecular Hbond substituents is 1. The minimum Gasteiger partial charge on any atom is -0.508 e. The first kappa shape index (κ1) is 114. The number of phenols is 1. The first-order valence-electron chi connectivity index (χ1n) is 45.6. The zero-order valence-corrected chi connectivity index (χ0v) is 78.3. The highest BCUT2D eigenvalue weighted by atomic mass is 16.4. The van der Waals surface area contributed by atoms with Crippen LogP contribution in [-0.2, 0) is 110 Å². The van der Waals surface area contributed by atoms with Crippen LogP contribution in [-0.4, -0.2) is 280 Å². The summed E-state index contributed by atoms with van der Waals surface area (Å²) >= 11 is 0. The van der Waals surface area contributed by atoms with Gasteiger partial charge in [0.15, 0.2) is 17.9 Å². The predicted octanol–water partition coefficient (Wildman–Crippen LogP) is -6.33. The lowest BCUT2D eigenvalue weighted by atomic mass is 9.96. The second-order valence-electron chi connectivity index (χ2n) is 34.1. The maximum atomic E-state index is 15.4. The van der Waals surface area contributed by atoms with Crippen LogP contribution < -0.4 is 125 Å². The summed E-state index contributed by atoms with van der Waals surface area (Å²) in [6, 6.07) is 0.404. The number of aliphatic carboxylic acids is 2. The fraction of sp³-hybridized carbons (Fsp3) is 0.528. The topological polar surface area (TPSA) is 836 Å². The van der Waals surface area contributed by atoms with Crippen molar-refractivity contribution >= 4 is 141 Å². The van der Waals surface area contributed by atoms with Crippen LogP contribution in [0.25, 0.3) is 10.9 Å². The number of aromatic hydroxyl groups is 1. The fourth-order valence-corrected chi connectivity index (χ4v) is 15.0. The molecule has 50 heteroatoms. The van der Waals surface area contributed by atoms with Crippen molar-refractivity contribution in [2.24, 2.45) is 46.2 Å². The SMILES string of the molecule is CC[C@H](C)[C@H](NC(=O)[C@H](CCCNC(=N)N)NC(=O)[C@H](CCCNC(=N)N)NC(=O)[C@H](CC(C)C)NC(=O)[C@H](Cc1ccccc1)NC(=O)CNC(=O)CNC(=O)[C@H](Cc1ccc(O)cc1)NC(C)=O)C(=O)N[C@@H](CCCNC(=N)N)C(=O)N1CCC[C@H]1C(=O)N[C@@H](CCCCN)C(=O)N[C@@H](Cc1c[nH]c2ccccc12)C(=O)N[C@@H](CC(=O)O)C(=O)N[C@@H](CC(N)=O)C(=O)N[C@@H](CCC(N)=O)C(=O)O. The summed E-state index contributed by atoms with van der Waals surface area (Å²) in [6.07, 6.45) is -2.17. The minimum absolute atomic E-state index is 0.00495. The van der Waals surface area contributed by atoms with Gasteiger partial charge < -0.3 is 150 Å². The molecular formula is C89H134N28O22. The number of H-pyrrole nitrogens is 1. The lowest BCUT2D eigenvalue weighted by Gasteiger charge is -2.32. The quantitative estimate of drug-likeness (QED) is 0.0111. The van der Waals surface area contributed by atoms with Gasteiger partial charge in [0.05, 0.1) is 25.9 Å². The molecule has 5 rings (SSSR count). The highest BCUT2D eigenvalue weighted by Crippen LogP contribution is 2.24. The number of fused-ring (bicyclic) bond motifs is 1. The molecule has 0 unspecified atom stereocenters. The molecule has 36 N–H and O–H groups in total. The molecule has 139 heavy (non-hydrogen) atoms. The minimum atomic E-state index is -2.11. The summed E-state index contributed by atoms with van der Waals surface area (Å²) in [4.78, 5) is 267. The lowest BCUT2D eigenvalue weighted by Crippen LogP contribution is -2.61. The van der Waals surface area contributed by atoms with Gasteiger partial charge in [-0.05, 0) is 137 Å². The number of hydrogen-bond donors (Lipinski definition) is 30. The van der Waals surface area contributed by atoms with Crippen LogP contribution in [0, 0.1) is 28.1 Å². The van der Waals surface area contributed by atoms with Crippen molar-refractivity contribution in [1.82, 2.24) is 100 Å². The molecule has 0 saturated carbocycles. The fourth-order valence-electron chi connectivity index (χ4n) is 15.0. The Balaban J connectivity index is 1.42. The zero-order chi connectivity index (χ0) is 103. The van der Waals surface area contributed by atoms with Crippen LogP contribution in [0.3, 0.4) is 0 Å². The number of carboxylic acid groups (broad SMARTS) is 2. The average molecular weight is 1950 g/mol. The van der Waals surface area contributed by atoms with E-state index in [9.17, 15) is 77.6 Å². The van der Waals surface area contributed by atoms with Gasteiger partial charge in [0.25, 0.3) is 0 Å². The molecule has 1 fully saturated rings. The van der Waals surface area contributed by atoms with Crippen LogP contribution in [0.2, 0.25) is 0 Å². The van der Waals surface area contributed by atoms with Crippen LogP contribution in [0.4, 0.5) is 0 Å². The van der Waals surface area contributed by atoms with Crippen LogP contribution >= 0.6 is 0 Å². The van der Waals surface area contributed by atoms with Gasteiger partial charge in [0.1, 0.15) is 84.3 Å². The Morgan fingerprint density at radius 2 is 0.914 bits per heavy atom. The standard InChI is InChI=1S/C89H134N28O22/c1-6-48(4)73(116-77(129)58(24-15-35-100-88(95)96)107-75(127)57(23-14-34-99-87(93)94)108-78(130)61(38-47(2)3)112-79(131)63(39-50-18-8-7-9-19-50)106-71(123)46-103-70(122)45-104-74(126)62(105-49(5)118)40-51-27-29-53(119)30-28-51)84(136)110-59(25-16-36-101-89(97)98)85(137)117-37-17-26-67(117)83(135)109-56(22-12-13-33-90)76(128)113-64(41-52-44-102-55-21-11-10-20-54(52)55)80(132)115-66(43-72(124)125)82(134)114-65(42-69(92)121)81(133)111-60(86(138)139)31-32-68(91)120/h7-11,18-21,27-30,44,47-48,56-67,73,102,119H,6,12-17,22-26,31-43,45-46,90H2,1-5H3,(H2,91,120)(H2,92,121)(H,103,122)(H,104,126)(H,105,118)(H,106,123)(H,107,127)(H,108,130)(H,109,135)(H,110,136)(H,111,133)(H,112,131)(H,113,128)(H,114,134)(H,115,132)(H,116,129)(H,124,125)(H,138,139)(H4,93,94,99)(H4,95,96,100)(H4,97,98,101)/t48-,56-,57-,58-,59-,60-,61-,62-,63-,64-,65-,66-,67-,73-/m0/s1. The molecule has 0 spiro atoms. The molecule has 1 saturated heterocycles. The van der Waals surface area contributed by atoms with Gasteiger partial charge in [-0.15, -0.1) is 0 Å². The average Bonchev–Trinajstić information content (AvgIpc) is 1.71. The van der Waals surface area contributed by atoms with Gasteiger partial charge in [0.2, 0.25) is 100 Å². The molecule has 3 aromatic carbocycles. The Labute approximate surface area is 801 Å². The summed E-state index contributed by atoms with van der Waals surface area (Å²) in [6.45, 7) is 6.60. The third-order valence-corrected chi connectivity index (χ3v) is 22.3. The second kappa shape index (κ2) is 58.9. The molecule has 1 aliphatic rings. The molecule has 0 aliphatic carbocycles. The Hall–Kier alpha value is -15.3. The summed E-state index contributed by atoms with van der Waals surface area (Å²) < 4.78 is 0. The number of aromatic nitrogens is 1. The predicted molar refractivity (Wildman–Crippen MR) is 505 cm³/mol. The van der Waals surface area contributed by atoms with Crippen LogP contribution in [0.1, 0.15) is 160 Å². The molecule has 4 aromatic rings. The summed E-state index contributed by atoms with van der Waals surface area (Å²) in [7, 11) is 0. The van der Waals surface area contributed by atoms with E-state index in [-0.39, 0.29) is 141 Å². The Morgan fingerprint density at radius 3 is 1.45 bits per heavy atom. The number of amides is 17. The van der Waals surface area contributed by atoms with Crippen LogP contribution in [0.5, 0.6) is 5.75 Å². The van der Waals surface area contributed by atoms with Crippen molar-refractivity contribution in [2.45, 2.75) is 242 Å². The number of nitrogens with two attached hydrogens (primary N) is 6. The number of guanidine groups is 3. The van der Waals surface area contributed by atoms with E-state index in [1.54, 1.807) is 94.4 Å². The van der Waals surface area contributed by atoms with Crippen molar-refractivity contribution in [1.29, 1.82) is 16.2 Å². The van der Waals surface area contributed by atoms with E-state index < -0.39 is 253 Å². The van der Waals surface area contributed by atoms with E-state index in [0.717, 1.165) is 0 Å². The number of carbonyl (C=O) groups excluding carboxylic acids is 17. The largest absolute Gasteiger partial charge is 0.508 e. The van der Waals surface area contributed by atoms with Gasteiger partial charge in [0, 0.05) is 75.9 Å². The molecule has 50 nitrogen and oxygen atoms in total. The number of likely N-dealkylation sites (tertiary alicyclic amines) is 1. The van der Waals surface area contributed by atoms with E-state index in [0.29, 0.717) is 34.0 Å². The molecule has 1 aliphatic heterocycles. The maximum Gasteiger partial charge on any atom is 0.326 e. The first-order valence-corrected chi connectivity index (χ1v) is 45.6. The highest BCUT2D eigenvalue weighted by Gasteiger charge is 2.43. The monoisotopic (exact) mass is 1950 g/mol. The molecule has 762 valence electrons.